The molecule has 0 aromatic carbocycles. The van der Waals surface area contributed by atoms with Gasteiger partial charge in [-0.3, -0.25) is 9.59 Å². The highest BCUT2D eigenvalue weighted by atomic mass is 16.2. The summed E-state index contributed by atoms with van der Waals surface area (Å²) in [4.78, 5) is 24.8. The van der Waals surface area contributed by atoms with Crippen molar-refractivity contribution in [2.24, 2.45) is 0 Å². The van der Waals surface area contributed by atoms with E-state index in [9.17, 15) is 9.59 Å². The van der Waals surface area contributed by atoms with Gasteiger partial charge in [0.2, 0.25) is 11.8 Å². The minimum Gasteiger partial charge on any atom is -0.352 e. The zero-order chi connectivity index (χ0) is 13.3. The SMILES string of the molecule is C=CCNCC(=O)N(CC)CC(=O)NC(C)C. The Morgan fingerprint density at radius 1 is 1.41 bits per heavy atom. The van der Waals surface area contributed by atoms with Crippen molar-refractivity contribution in [3.8, 4) is 0 Å². The van der Waals surface area contributed by atoms with Gasteiger partial charge in [-0.1, -0.05) is 6.08 Å². The number of amides is 2. The lowest BCUT2D eigenvalue weighted by Gasteiger charge is -2.21. The Bertz CT molecular complexity index is 264. The predicted octanol–water partition coefficient (Wildman–Crippen LogP) is 0.135. The Morgan fingerprint density at radius 2 is 2.06 bits per heavy atom. The van der Waals surface area contributed by atoms with E-state index in [-0.39, 0.29) is 30.9 Å². The minimum absolute atomic E-state index is 0.0757. The Labute approximate surface area is 103 Å². The number of likely N-dealkylation sites (N-methyl/N-ethyl adjacent to an activating group) is 1. The first kappa shape index (κ1) is 15.6. The van der Waals surface area contributed by atoms with Crippen molar-refractivity contribution in [2.45, 2.75) is 26.8 Å². The molecule has 17 heavy (non-hydrogen) atoms. The molecule has 5 nitrogen and oxygen atoms in total. The quantitative estimate of drug-likeness (QED) is 0.469. The first-order valence-corrected chi connectivity index (χ1v) is 5.90. The van der Waals surface area contributed by atoms with E-state index >= 15 is 0 Å². The molecule has 0 aliphatic rings. The molecule has 0 rings (SSSR count). The molecule has 0 atom stereocenters. The van der Waals surface area contributed by atoms with Crippen LogP contribution in [0.5, 0.6) is 0 Å². The molecular weight excluding hydrogens is 218 g/mol. The van der Waals surface area contributed by atoms with Crippen LogP contribution < -0.4 is 10.6 Å². The molecule has 0 heterocycles. The van der Waals surface area contributed by atoms with Crippen LogP contribution in [0.25, 0.3) is 0 Å². The summed E-state index contributed by atoms with van der Waals surface area (Å²) >= 11 is 0. The van der Waals surface area contributed by atoms with Gasteiger partial charge in [-0.25, -0.2) is 0 Å². The lowest BCUT2D eigenvalue weighted by molar-refractivity contribution is -0.135. The van der Waals surface area contributed by atoms with Crippen molar-refractivity contribution in [3.05, 3.63) is 12.7 Å². The molecule has 0 aliphatic heterocycles. The van der Waals surface area contributed by atoms with E-state index in [1.165, 1.54) is 4.90 Å². The van der Waals surface area contributed by atoms with Crippen LogP contribution in [0, 0.1) is 0 Å². The smallest absolute Gasteiger partial charge is 0.239 e. The highest BCUT2D eigenvalue weighted by Crippen LogP contribution is 1.90. The molecule has 0 bridgehead atoms. The second-order valence-electron chi connectivity index (χ2n) is 4.05. The number of nitrogens with zero attached hydrogens (tertiary/aromatic N) is 1. The fraction of sp³-hybridized carbons (Fsp3) is 0.667. The van der Waals surface area contributed by atoms with E-state index in [1.54, 1.807) is 6.08 Å². The summed E-state index contributed by atoms with van der Waals surface area (Å²) < 4.78 is 0. The molecule has 98 valence electrons. The van der Waals surface area contributed by atoms with Crippen LogP contribution in [0.15, 0.2) is 12.7 Å². The van der Waals surface area contributed by atoms with Crippen molar-refractivity contribution in [1.82, 2.24) is 15.5 Å². The zero-order valence-corrected chi connectivity index (χ0v) is 11.0. The third kappa shape index (κ3) is 7.52. The summed E-state index contributed by atoms with van der Waals surface area (Å²) in [7, 11) is 0. The van der Waals surface area contributed by atoms with Crippen molar-refractivity contribution in [2.75, 3.05) is 26.2 Å². The molecule has 0 saturated heterocycles. The second-order valence-corrected chi connectivity index (χ2v) is 4.05. The van der Waals surface area contributed by atoms with Gasteiger partial charge in [-0.2, -0.15) is 0 Å². The largest absolute Gasteiger partial charge is 0.352 e. The maximum Gasteiger partial charge on any atom is 0.239 e. The maximum absolute atomic E-state index is 11.7. The molecule has 0 radical (unpaired) electrons. The number of rotatable bonds is 8. The van der Waals surface area contributed by atoms with Gasteiger partial charge in [0, 0.05) is 19.1 Å². The molecule has 2 N–H and O–H groups in total. The van der Waals surface area contributed by atoms with Crippen LogP contribution in [-0.2, 0) is 9.59 Å². The highest BCUT2D eigenvalue weighted by Gasteiger charge is 2.15. The predicted molar refractivity (Wildman–Crippen MR) is 68.6 cm³/mol. The second kappa shape index (κ2) is 8.75. The summed E-state index contributed by atoms with van der Waals surface area (Å²) in [6.07, 6.45) is 1.69. The van der Waals surface area contributed by atoms with Crippen LogP contribution in [-0.4, -0.2) is 48.9 Å². The van der Waals surface area contributed by atoms with E-state index in [0.717, 1.165) is 0 Å². The van der Waals surface area contributed by atoms with Gasteiger partial charge in [-0.15, -0.1) is 6.58 Å². The van der Waals surface area contributed by atoms with Gasteiger partial charge in [0.05, 0.1) is 13.1 Å². The number of hydrogen-bond acceptors (Lipinski definition) is 3. The first-order chi connectivity index (χ1) is 8.01. The number of nitrogens with one attached hydrogen (secondary N) is 2. The van der Waals surface area contributed by atoms with Gasteiger partial charge < -0.3 is 15.5 Å². The molecular formula is C12H23N3O2. The van der Waals surface area contributed by atoms with Crippen molar-refractivity contribution in [3.63, 3.8) is 0 Å². The molecule has 0 aromatic heterocycles. The lowest BCUT2D eigenvalue weighted by Crippen LogP contribution is -2.45. The van der Waals surface area contributed by atoms with Gasteiger partial charge in [0.15, 0.2) is 0 Å². The Morgan fingerprint density at radius 3 is 2.53 bits per heavy atom. The van der Waals surface area contributed by atoms with Crippen molar-refractivity contribution >= 4 is 11.8 Å². The summed E-state index contributed by atoms with van der Waals surface area (Å²) in [6, 6.07) is 0.0928. The number of carbonyl (C=O) groups excluding carboxylic acids is 2. The standard InChI is InChI=1S/C12H23N3O2/c1-5-7-13-8-12(17)15(6-2)9-11(16)14-10(3)4/h5,10,13H,1,6-9H2,2-4H3,(H,14,16). The summed E-state index contributed by atoms with van der Waals surface area (Å²) in [5, 5.41) is 5.68. The van der Waals surface area contributed by atoms with Gasteiger partial charge >= 0.3 is 0 Å². The topological polar surface area (TPSA) is 61.4 Å². The third-order valence-corrected chi connectivity index (χ3v) is 2.08. The highest BCUT2D eigenvalue weighted by molar-refractivity contribution is 5.85. The lowest BCUT2D eigenvalue weighted by atomic mass is 10.3. The van der Waals surface area contributed by atoms with Crippen LogP contribution >= 0.6 is 0 Å². The third-order valence-electron chi connectivity index (χ3n) is 2.08. The van der Waals surface area contributed by atoms with Crippen LogP contribution in [0.1, 0.15) is 20.8 Å². The van der Waals surface area contributed by atoms with E-state index < -0.39 is 0 Å². The fourth-order valence-electron chi connectivity index (χ4n) is 1.31. The fourth-order valence-corrected chi connectivity index (χ4v) is 1.31. The Kier molecular flexibility index (Phi) is 8.05. The van der Waals surface area contributed by atoms with Crippen LogP contribution in [0.2, 0.25) is 0 Å². The number of carbonyl (C=O) groups is 2. The Balaban J connectivity index is 4.08. The molecule has 0 saturated carbocycles. The van der Waals surface area contributed by atoms with E-state index in [1.807, 2.05) is 20.8 Å². The summed E-state index contributed by atoms with van der Waals surface area (Å²) in [5.74, 6) is -0.202. The van der Waals surface area contributed by atoms with Crippen LogP contribution in [0.4, 0.5) is 0 Å². The molecule has 0 aromatic rings. The van der Waals surface area contributed by atoms with E-state index in [0.29, 0.717) is 13.1 Å². The molecule has 0 aliphatic carbocycles. The van der Waals surface area contributed by atoms with Crippen molar-refractivity contribution < 1.29 is 9.59 Å². The van der Waals surface area contributed by atoms with Crippen LogP contribution in [0.3, 0.4) is 0 Å². The normalized spacial score (nSPS) is 10.1. The van der Waals surface area contributed by atoms with E-state index in [2.05, 4.69) is 17.2 Å². The summed E-state index contributed by atoms with van der Waals surface area (Å²) in [5.41, 5.74) is 0. The molecule has 2 amide bonds. The summed E-state index contributed by atoms with van der Waals surface area (Å²) in [6.45, 7) is 10.6. The van der Waals surface area contributed by atoms with Gasteiger partial charge in [0.1, 0.15) is 0 Å². The first-order valence-electron chi connectivity index (χ1n) is 5.90. The Hall–Kier alpha value is -1.36. The minimum atomic E-state index is -0.126. The number of hydrogen-bond donors (Lipinski definition) is 2. The van der Waals surface area contributed by atoms with Gasteiger partial charge in [0.25, 0.3) is 0 Å². The van der Waals surface area contributed by atoms with Gasteiger partial charge in [-0.05, 0) is 20.8 Å². The maximum atomic E-state index is 11.7. The zero-order valence-electron chi connectivity index (χ0n) is 11.0. The molecule has 0 unspecified atom stereocenters. The van der Waals surface area contributed by atoms with E-state index in [4.69, 9.17) is 0 Å². The average molecular weight is 241 g/mol. The molecule has 0 spiro atoms. The molecule has 5 heteroatoms. The van der Waals surface area contributed by atoms with Crippen molar-refractivity contribution in [1.29, 1.82) is 0 Å². The molecule has 0 fully saturated rings. The average Bonchev–Trinajstić information content (AvgIpc) is 2.25. The monoisotopic (exact) mass is 241 g/mol.